The SMILES string of the molecule is C=CCn1c(SCC(=O)Nc2ccccc2F)nnc1-c1csc(C)c1-c1ccc(C)cc1. The molecule has 0 radical (unpaired) electrons. The number of hydrogen-bond acceptors (Lipinski definition) is 5. The summed E-state index contributed by atoms with van der Waals surface area (Å²) in [5, 5.41) is 14.1. The Bertz CT molecular complexity index is 1290. The lowest BCUT2D eigenvalue weighted by molar-refractivity contribution is -0.113. The van der Waals surface area contributed by atoms with Crippen LogP contribution in [-0.4, -0.2) is 26.4 Å². The van der Waals surface area contributed by atoms with Gasteiger partial charge < -0.3 is 5.32 Å². The average molecular weight is 479 g/mol. The van der Waals surface area contributed by atoms with E-state index in [9.17, 15) is 9.18 Å². The molecule has 33 heavy (non-hydrogen) atoms. The number of nitrogens with one attached hydrogen (secondary N) is 1. The predicted molar refractivity (Wildman–Crippen MR) is 134 cm³/mol. The zero-order valence-electron chi connectivity index (χ0n) is 18.3. The predicted octanol–water partition coefficient (Wildman–Crippen LogP) is 6.35. The van der Waals surface area contributed by atoms with Gasteiger partial charge in [0.1, 0.15) is 5.82 Å². The molecule has 0 fully saturated rings. The van der Waals surface area contributed by atoms with Crippen LogP contribution in [0.2, 0.25) is 0 Å². The van der Waals surface area contributed by atoms with Crippen LogP contribution in [0.1, 0.15) is 10.4 Å². The van der Waals surface area contributed by atoms with Crippen LogP contribution in [0.4, 0.5) is 10.1 Å². The molecule has 0 aliphatic heterocycles. The van der Waals surface area contributed by atoms with Gasteiger partial charge in [-0.15, -0.1) is 28.1 Å². The van der Waals surface area contributed by atoms with Gasteiger partial charge in [0.25, 0.3) is 0 Å². The molecule has 0 atom stereocenters. The number of carbonyl (C=O) groups excluding carboxylic acids is 1. The molecule has 0 saturated heterocycles. The minimum Gasteiger partial charge on any atom is -0.323 e. The molecule has 0 saturated carbocycles. The Morgan fingerprint density at radius 1 is 1.18 bits per heavy atom. The molecule has 0 unspecified atom stereocenters. The number of anilines is 1. The van der Waals surface area contributed by atoms with Crippen molar-refractivity contribution >= 4 is 34.7 Å². The number of para-hydroxylation sites is 1. The summed E-state index contributed by atoms with van der Waals surface area (Å²) in [4.78, 5) is 13.6. The van der Waals surface area contributed by atoms with Gasteiger partial charge in [-0.05, 0) is 31.5 Å². The van der Waals surface area contributed by atoms with Gasteiger partial charge in [-0.3, -0.25) is 9.36 Å². The maximum atomic E-state index is 13.8. The number of thiophene rings is 1. The molecule has 168 valence electrons. The molecular weight excluding hydrogens is 455 g/mol. The fourth-order valence-electron chi connectivity index (χ4n) is 3.47. The summed E-state index contributed by atoms with van der Waals surface area (Å²) < 4.78 is 15.8. The maximum Gasteiger partial charge on any atom is 0.234 e. The monoisotopic (exact) mass is 478 g/mol. The zero-order chi connectivity index (χ0) is 23.4. The lowest BCUT2D eigenvalue weighted by Gasteiger charge is -2.10. The zero-order valence-corrected chi connectivity index (χ0v) is 20.0. The average Bonchev–Trinajstić information content (AvgIpc) is 3.38. The lowest BCUT2D eigenvalue weighted by Crippen LogP contribution is -2.15. The summed E-state index contributed by atoms with van der Waals surface area (Å²) in [6.07, 6.45) is 1.78. The maximum absolute atomic E-state index is 13.8. The van der Waals surface area contributed by atoms with E-state index in [2.05, 4.69) is 65.6 Å². The van der Waals surface area contributed by atoms with E-state index in [1.807, 2.05) is 4.57 Å². The van der Waals surface area contributed by atoms with Crippen molar-refractivity contribution < 1.29 is 9.18 Å². The van der Waals surface area contributed by atoms with Crippen LogP contribution in [0, 0.1) is 19.7 Å². The van der Waals surface area contributed by atoms with Crippen molar-refractivity contribution in [1.82, 2.24) is 14.8 Å². The molecule has 5 nitrogen and oxygen atoms in total. The minimum atomic E-state index is -0.468. The summed E-state index contributed by atoms with van der Waals surface area (Å²) in [6, 6.07) is 14.5. The minimum absolute atomic E-state index is 0.0805. The highest BCUT2D eigenvalue weighted by Crippen LogP contribution is 2.39. The van der Waals surface area contributed by atoms with Crippen LogP contribution >= 0.6 is 23.1 Å². The first-order valence-corrected chi connectivity index (χ1v) is 12.2. The topological polar surface area (TPSA) is 59.8 Å². The molecule has 0 spiro atoms. The van der Waals surface area contributed by atoms with Gasteiger partial charge in [0.2, 0.25) is 5.91 Å². The number of benzene rings is 2. The standard InChI is InChI=1S/C25H23FN4OS2/c1-4-13-30-24(19-14-32-17(3)23(19)18-11-9-16(2)10-12-18)28-29-25(30)33-15-22(31)27-21-8-6-5-7-20(21)26/h4-12,14H,1,13,15H2,2-3H3,(H,27,31). The number of amides is 1. The Kier molecular flexibility index (Phi) is 7.05. The van der Waals surface area contributed by atoms with Crippen molar-refractivity contribution in [2.75, 3.05) is 11.1 Å². The molecule has 2 heterocycles. The van der Waals surface area contributed by atoms with Crippen molar-refractivity contribution in [3.05, 3.63) is 82.8 Å². The molecular formula is C25H23FN4OS2. The van der Waals surface area contributed by atoms with Gasteiger partial charge >= 0.3 is 0 Å². The smallest absolute Gasteiger partial charge is 0.234 e. The van der Waals surface area contributed by atoms with Crippen LogP contribution in [-0.2, 0) is 11.3 Å². The van der Waals surface area contributed by atoms with E-state index in [1.165, 1.54) is 34.3 Å². The first kappa shape index (κ1) is 22.9. The number of aromatic nitrogens is 3. The van der Waals surface area contributed by atoms with Crippen LogP contribution in [0.3, 0.4) is 0 Å². The van der Waals surface area contributed by atoms with E-state index in [0.717, 1.165) is 22.5 Å². The molecule has 0 aliphatic carbocycles. The van der Waals surface area contributed by atoms with Gasteiger partial charge in [0, 0.05) is 27.9 Å². The van der Waals surface area contributed by atoms with E-state index in [0.29, 0.717) is 11.7 Å². The van der Waals surface area contributed by atoms with Crippen molar-refractivity contribution in [3.63, 3.8) is 0 Å². The van der Waals surface area contributed by atoms with Crippen LogP contribution < -0.4 is 5.32 Å². The van der Waals surface area contributed by atoms with Gasteiger partial charge in [0.05, 0.1) is 11.4 Å². The molecule has 8 heteroatoms. The lowest BCUT2D eigenvalue weighted by atomic mass is 10.0. The number of rotatable bonds is 8. The van der Waals surface area contributed by atoms with Gasteiger partial charge in [-0.2, -0.15) is 0 Å². The molecule has 4 aromatic rings. The van der Waals surface area contributed by atoms with E-state index < -0.39 is 5.82 Å². The number of carbonyl (C=O) groups is 1. The third-order valence-electron chi connectivity index (χ3n) is 5.06. The van der Waals surface area contributed by atoms with E-state index >= 15 is 0 Å². The van der Waals surface area contributed by atoms with E-state index in [1.54, 1.807) is 29.5 Å². The van der Waals surface area contributed by atoms with Crippen LogP contribution in [0.15, 0.2) is 71.7 Å². The summed E-state index contributed by atoms with van der Waals surface area (Å²) in [7, 11) is 0. The number of nitrogens with zero attached hydrogens (tertiary/aromatic N) is 3. The van der Waals surface area contributed by atoms with E-state index in [-0.39, 0.29) is 17.3 Å². The third-order valence-corrected chi connectivity index (χ3v) is 6.94. The fraction of sp³-hybridized carbons (Fsp3) is 0.160. The summed E-state index contributed by atoms with van der Waals surface area (Å²) in [5.74, 6) is 0.0275. The van der Waals surface area contributed by atoms with Crippen molar-refractivity contribution in [1.29, 1.82) is 0 Å². The number of aryl methyl sites for hydroxylation is 2. The number of hydrogen-bond donors (Lipinski definition) is 1. The highest BCUT2D eigenvalue weighted by molar-refractivity contribution is 7.99. The quantitative estimate of drug-likeness (QED) is 0.237. The van der Waals surface area contributed by atoms with Gasteiger partial charge in [-0.1, -0.05) is 59.8 Å². The number of halogens is 1. The Morgan fingerprint density at radius 3 is 2.67 bits per heavy atom. The molecule has 0 bridgehead atoms. The molecule has 4 rings (SSSR count). The third kappa shape index (κ3) is 5.07. The van der Waals surface area contributed by atoms with Gasteiger partial charge in [-0.25, -0.2) is 4.39 Å². The fourth-order valence-corrected chi connectivity index (χ4v) is 5.08. The van der Waals surface area contributed by atoms with Crippen molar-refractivity contribution in [2.45, 2.75) is 25.5 Å². The Balaban J connectivity index is 1.59. The van der Waals surface area contributed by atoms with Crippen LogP contribution in [0.5, 0.6) is 0 Å². The van der Waals surface area contributed by atoms with Crippen LogP contribution in [0.25, 0.3) is 22.5 Å². The summed E-state index contributed by atoms with van der Waals surface area (Å²) in [6.45, 7) is 8.53. The Hall–Kier alpha value is -3.23. The van der Waals surface area contributed by atoms with E-state index in [4.69, 9.17) is 0 Å². The normalized spacial score (nSPS) is 10.9. The Morgan fingerprint density at radius 2 is 1.94 bits per heavy atom. The first-order valence-electron chi connectivity index (χ1n) is 10.3. The second-order valence-electron chi connectivity index (χ2n) is 7.47. The summed E-state index contributed by atoms with van der Waals surface area (Å²) >= 11 is 2.93. The molecule has 2 aromatic carbocycles. The second-order valence-corrected chi connectivity index (χ2v) is 9.50. The highest BCUT2D eigenvalue weighted by atomic mass is 32.2. The highest BCUT2D eigenvalue weighted by Gasteiger charge is 2.21. The Labute approximate surface area is 200 Å². The molecule has 1 amide bonds. The van der Waals surface area contributed by atoms with Gasteiger partial charge in [0.15, 0.2) is 11.0 Å². The second kappa shape index (κ2) is 10.1. The molecule has 0 aliphatic rings. The largest absolute Gasteiger partial charge is 0.323 e. The number of allylic oxidation sites excluding steroid dienone is 1. The molecule has 1 N–H and O–H groups in total. The van der Waals surface area contributed by atoms with Crippen molar-refractivity contribution in [2.24, 2.45) is 0 Å². The number of thioether (sulfide) groups is 1. The first-order chi connectivity index (χ1) is 16.0. The molecule has 2 aromatic heterocycles. The van der Waals surface area contributed by atoms with Crippen molar-refractivity contribution in [3.8, 4) is 22.5 Å². The summed E-state index contributed by atoms with van der Waals surface area (Å²) in [5.41, 5.74) is 4.62.